The average Bonchev–Trinajstić information content (AvgIpc) is 3.64. The molecule has 20 atom stereocenters. The molecule has 11 N–H and O–H groups in total. The monoisotopic (exact) mass is 805 g/mol. The fourth-order valence-electron chi connectivity index (χ4n) is 7.99. The normalized spacial score (nSPS) is 50.3. The van der Waals surface area contributed by atoms with E-state index < -0.39 is 147 Å². The number of carbonyl (C=O) groups is 1. The van der Waals surface area contributed by atoms with E-state index in [1.165, 1.54) is 0 Å². The first-order valence-electron chi connectivity index (χ1n) is 18.2. The fourth-order valence-corrected chi connectivity index (χ4v) is 8.06. The smallest absolute Gasteiger partial charge is 0.237 e. The van der Waals surface area contributed by atoms with Gasteiger partial charge >= 0.3 is 0 Å². The highest BCUT2D eigenvalue weighted by Crippen LogP contribution is 2.46. The molecule has 0 aliphatic carbocycles. The molecule has 6 aliphatic heterocycles. The number of rotatable bonds is 15. The lowest BCUT2D eigenvalue weighted by Gasteiger charge is -2.56. The van der Waals surface area contributed by atoms with E-state index in [1.54, 1.807) is 0 Å². The topological polar surface area (TPSA) is 314 Å². The van der Waals surface area contributed by atoms with Crippen molar-refractivity contribution < 1.29 is 98.5 Å². The minimum absolute atomic E-state index is 0.0475. The first-order valence-corrected chi connectivity index (χ1v) is 18.7. The van der Waals surface area contributed by atoms with Crippen LogP contribution in [0, 0.1) is 0 Å². The molecule has 0 spiro atoms. The van der Waals surface area contributed by atoms with Crippen LogP contribution in [0.3, 0.4) is 0 Å². The molecule has 0 radical (unpaired) electrons. The van der Waals surface area contributed by atoms with Gasteiger partial charge in [-0.15, -0.1) is 11.6 Å². The number of hydrogen-bond donors (Lipinski definition) is 11. The number of aliphatic hydroxyl groups is 10. The van der Waals surface area contributed by atoms with Crippen molar-refractivity contribution in [1.29, 1.82) is 0 Å². The van der Waals surface area contributed by atoms with Crippen molar-refractivity contribution in [2.45, 2.75) is 161 Å². The van der Waals surface area contributed by atoms with Gasteiger partial charge in [-0.2, -0.15) is 0 Å². The Morgan fingerprint density at radius 1 is 0.759 bits per heavy atom. The molecule has 0 unspecified atom stereocenters. The van der Waals surface area contributed by atoms with E-state index in [0.29, 0.717) is 12.8 Å². The molecular formula is C32H52ClNO20. The van der Waals surface area contributed by atoms with Crippen molar-refractivity contribution >= 4 is 17.5 Å². The number of unbranched alkanes of at least 4 members (excludes halogenated alkanes) is 3. The Kier molecular flexibility index (Phi) is 13.8. The van der Waals surface area contributed by atoms with Crippen LogP contribution in [0.4, 0.5) is 0 Å². The Bertz CT molecular complexity index is 1260. The van der Waals surface area contributed by atoms with E-state index in [2.05, 4.69) is 5.32 Å². The molecule has 6 rings (SSSR count). The lowest BCUT2D eigenvalue weighted by molar-refractivity contribution is -0.431. The number of fused-ring (bicyclic) bond motifs is 4. The number of alkyl halides is 1. The predicted octanol–water partition coefficient (Wildman–Crippen LogP) is -5.63. The summed E-state index contributed by atoms with van der Waals surface area (Å²) in [5.74, 6) is -3.98. The van der Waals surface area contributed by atoms with Gasteiger partial charge in [0.15, 0.2) is 18.9 Å². The summed E-state index contributed by atoms with van der Waals surface area (Å²) >= 11 is 5.73. The zero-order valence-corrected chi connectivity index (χ0v) is 30.2. The second-order valence-electron chi connectivity index (χ2n) is 14.5. The molecule has 6 fully saturated rings. The largest absolute Gasteiger partial charge is 0.394 e. The summed E-state index contributed by atoms with van der Waals surface area (Å²) < 4.78 is 52.6. The van der Waals surface area contributed by atoms with Crippen LogP contribution in [0.5, 0.6) is 0 Å². The summed E-state index contributed by atoms with van der Waals surface area (Å²) in [4.78, 5) is 12.6. The van der Waals surface area contributed by atoms with Crippen molar-refractivity contribution in [3.8, 4) is 0 Å². The third-order valence-corrected chi connectivity index (χ3v) is 11.2. The number of ether oxygens (including phenoxy) is 9. The van der Waals surface area contributed by atoms with E-state index in [4.69, 9.17) is 54.2 Å². The molecule has 22 heteroatoms. The van der Waals surface area contributed by atoms with E-state index in [-0.39, 0.29) is 19.6 Å². The van der Waals surface area contributed by atoms with Crippen LogP contribution >= 0.6 is 11.6 Å². The lowest BCUT2D eigenvalue weighted by Crippen LogP contribution is -2.80. The Labute approximate surface area is 314 Å². The number of amides is 1. The zero-order valence-electron chi connectivity index (χ0n) is 29.4. The van der Waals surface area contributed by atoms with Crippen molar-refractivity contribution in [3.05, 3.63) is 0 Å². The van der Waals surface area contributed by atoms with Crippen LogP contribution in [-0.2, 0) is 47.4 Å². The van der Waals surface area contributed by atoms with Crippen molar-refractivity contribution in [2.75, 3.05) is 32.3 Å². The number of hydrogen-bond acceptors (Lipinski definition) is 20. The fraction of sp³-hybridized carbons (Fsp3) is 0.969. The molecular weight excluding hydrogens is 754 g/mol. The molecule has 0 saturated carbocycles. The molecule has 6 saturated heterocycles. The van der Waals surface area contributed by atoms with Crippen LogP contribution in [0.1, 0.15) is 39.0 Å². The molecule has 312 valence electrons. The maximum absolute atomic E-state index is 12.6. The van der Waals surface area contributed by atoms with E-state index in [9.17, 15) is 55.9 Å². The molecule has 4 bridgehead atoms. The van der Waals surface area contributed by atoms with Gasteiger partial charge in [-0.3, -0.25) is 4.79 Å². The summed E-state index contributed by atoms with van der Waals surface area (Å²) in [7, 11) is 0. The molecule has 54 heavy (non-hydrogen) atoms. The number of halogens is 1. The number of aliphatic hydroxyl groups excluding tert-OH is 9. The van der Waals surface area contributed by atoms with Gasteiger partial charge in [-0.05, 0) is 6.42 Å². The summed E-state index contributed by atoms with van der Waals surface area (Å²) in [5, 5.41) is 110. The Hall–Kier alpha value is -1.00. The van der Waals surface area contributed by atoms with Crippen LogP contribution in [0.2, 0.25) is 0 Å². The Morgan fingerprint density at radius 3 is 2.04 bits per heavy atom. The van der Waals surface area contributed by atoms with Gasteiger partial charge in [0.25, 0.3) is 0 Å². The molecule has 6 heterocycles. The highest BCUT2D eigenvalue weighted by molar-refractivity contribution is 6.27. The Morgan fingerprint density at radius 2 is 1.39 bits per heavy atom. The maximum Gasteiger partial charge on any atom is 0.237 e. The molecule has 0 aromatic rings. The van der Waals surface area contributed by atoms with Gasteiger partial charge in [0, 0.05) is 6.42 Å². The summed E-state index contributed by atoms with van der Waals surface area (Å²) in [6, 6.07) is 0. The van der Waals surface area contributed by atoms with Gasteiger partial charge in [0.2, 0.25) is 17.4 Å². The van der Waals surface area contributed by atoms with Gasteiger partial charge < -0.3 is 99.0 Å². The number of carbonyl (C=O) groups excluding carboxylic acids is 1. The van der Waals surface area contributed by atoms with Crippen molar-refractivity contribution in [1.82, 2.24) is 5.32 Å². The van der Waals surface area contributed by atoms with Crippen LogP contribution in [-0.4, -0.2) is 211 Å². The third kappa shape index (κ3) is 7.78. The summed E-state index contributed by atoms with van der Waals surface area (Å²) in [6.07, 6.45) is -24.4. The second kappa shape index (κ2) is 17.5. The SMILES string of the molecule is CCCCCC[C@@]1(O[C@@H]2[C@H]3OC[C@@H]2O[C@@H](O[C@@H]2[C@@H](O)[C@H](O[C@@H]4[C@H]5OC[C@@H]4O[C@@H](O)[C@H]5O)O[C@H](CO)[C@H]2O)[C@H]3O)O[C@H](CO)[C@H](O)[C@H](O)[C@]1(O)NC(=O)CCl. The second-order valence-corrected chi connectivity index (χ2v) is 14.7. The van der Waals surface area contributed by atoms with E-state index >= 15 is 0 Å². The highest BCUT2D eigenvalue weighted by Gasteiger charge is 2.68. The van der Waals surface area contributed by atoms with Gasteiger partial charge in [0.1, 0.15) is 97.4 Å². The maximum atomic E-state index is 12.6. The first-order chi connectivity index (χ1) is 25.7. The summed E-state index contributed by atoms with van der Waals surface area (Å²) in [6.45, 7) is 0.126. The molecule has 6 aliphatic rings. The van der Waals surface area contributed by atoms with E-state index in [0.717, 1.165) is 12.8 Å². The Balaban J connectivity index is 1.21. The van der Waals surface area contributed by atoms with Crippen LogP contribution < -0.4 is 5.32 Å². The van der Waals surface area contributed by atoms with E-state index in [1.807, 2.05) is 6.92 Å². The first kappa shape index (κ1) is 42.6. The van der Waals surface area contributed by atoms with Crippen molar-refractivity contribution in [2.24, 2.45) is 0 Å². The molecule has 1 amide bonds. The van der Waals surface area contributed by atoms with Gasteiger partial charge in [-0.25, -0.2) is 0 Å². The minimum Gasteiger partial charge on any atom is -0.394 e. The summed E-state index contributed by atoms with van der Waals surface area (Å²) in [5.41, 5.74) is -2.85. The average molecular weight is 806 g/mol. The quantitative estimate of drug-likeness (QED) is 0.0418. The van der Waals surface area contributed by atoms with Crippen LogP contribution in [0.15, 0.2) is 0 Å². The third-order valence-electron chi connectivity index (χ3n) is 10.9. The van der Waals surface area contributed by atoms with Gasteiger partial charge in [0.05, 0.1) is 26.4 Å². The standard InChI is InChI=1S/C32H52ClNO20/c1-2-3-4-5-6-31(32(45,34-16(37)7-33)27(43)18(39)13(9-36)53-31)54-23-15-11-47-26(23)21(42)30(50-15)52-24-17(38)12(8-35)49-29(20(24)41)51-22-14-10-46-25(22)19(40)28(44)48-14/h12-15,17-30,35-36,38-45H,2-11H2,1H3,(H,34,37)/t12-,13-,14+,15+,17-,18+,19+,20-,21+,22+,23+,24+,25+,26+,27+,28-,29+,30+,31+,32-/m1/s1. The predicted molar refractivity (Wildman–Crippen MR) is 173 cm³/mol. The highest BCUT2D eigenvalue weighted by atomic mass is 35.5. The minimum atomic E-state index is -2.85. The number of nitrogens with one attached hydrogen (secondary N) is 1. The van der Waals surface area contributed by atoms with Gasteiger partial charge in [-0.1, -0.05) is 26.2 Å². The lowest BCUT2D eigenvalue weighted by atomic mass is 9.82. The zero-order chi connectivity index (χ0) is 39.1. The molecule has 0 aromatic heterocycles. The molecule has 0 aromatic carbocycles. The molecule has 21 nitrogen and oxygen atoms in total. The van der Waals surface area contributed by atoms with Crippen LogP contribution in [0.25, 0.3) is 0 Å². The van der Waals surface area contributed by atoms with Crippen molar-refractivity contribution in [3.63, 3.8) is 0 Å².